The van der Waals surface area contributed by atoms with Crippen molar-refractivity contribution in [3.05, 3.63) is 4.91 Å². The van der Waals surface area contributed by atoms with E-state index in [1.165, 1.54) is 7.05 Å². The number of nitrogens with zero attached hydrogens (tertiary/aromatic N) is 1. The maximum atomic E-state index is 9.23. The highest BCUT2D eigenvalue weighted by molar-refractivity contribution is 7.73. The molecule has 0 aromatic rings. The second-order valence-corrected chi connectivity index (χ2v) is 1.03. The lowest BCUT2D eigenvalue weighted by molar-refractivity contribution is -0.326. The van der Waals surface area contributed by atoms with E-state index in [2.05, 4.69) is 12.8 Å². The number of hydrogen-bond acceptors (Lipinski definition) is 1. The summed E-state index contributed by atoms with van der Waals surface area (Å²) in [7, 11) is 1.31. The lowest BCUT2D eigenvalue weighted by Gasteiger charge is -1.47. The van der Waals surface area contributed by atoms with Gasteiger partial charge in [0.1, 0.15) is 0 Å². The van der Waals surface area contributed by atoms with E-state index in [0.29, 0.717) is 4.17 Å². The van der Waals surface area contributed by atoms with Crippen LogP contribution in [0.2, 0.25) is 0 Å². The predicted octanol–water partition coefficient (Wildman–Crippen LogP) is 0.240. The molecule has 0 bridgehead atoms. The van der Waals surface area contributed by atoms with Gasteiger partial charge in [-0.05, 0) is 0 Å². The Morgan fingerprint density at radius 3 is 2.00 bits per heavy atom. The van der Waals surface area contributed by atoms with E-state index in [-0.39, 0.29) is 0 Å². The highest BCUT2D eigenvalue weighted by Gasteiger charge is 1.70. The fourth-order valence-corrected chi connectivity index (χ4v) is 0. The van der Waals surface area contributed by atoms with E-state index in [1.807, 2.05) is 0 Å². The first kappa shape index (κ1) is 3.95. The molecule has 0 fully saturated rings. The van der Waals surface area contributed by atoms with Gasteiger partial charge in [-0.2, -0.15) is 0 Å². The second kappa shape index (κ2) is 1.29. The van der Waals surface area contributed by atoms with E-state index >= 15 is 0 Å². The van der Waals surface area contributed by atoms with Gasteiger partial charge in [-0.1, -0.05) is 0 Å². The van der Waals surface area contributed by atoms with E-state index in [1.54, 1.807) is 0 Å². The molecule has 0 rings (SSSR count). The third kappa shape index (κ3) is 704. The third-order valence-corrected chi connectivity index (χ3v) is 0. The molecule has 0 spiro atoms. The van der Waals surface area contributed by atoms with Gasteiger partial charge in [0.25, 0.3) is 0 Å². The minimum atomic E-state index is 0.444. The smallest absolute Gasteiger partial charge is 0.0322 e. The summed E-state index contributed by atoms with van der Waals surface area (Å²) in [5, 5.41) is 0. The van der Waals surface area contributed by atoms with Gasteiger partial charge in [0.2, 0.25) is 0 Å². The molecule has 0 atom stereocenters. The predicted molar refractivity (Wildman–Crippen MR) is 18.5 cm³/mol. The molecule has 2 nitrogen and oxygen atoms in total. The van der Waals surface area contributed by atoms with Crippen molar-refractivity contribution in [2.75, 3.05) is 7.05 Å². The number of rotatable bonds is 0. The Balaban J connectivity index is 2.80. The van der Waals surface area contributed by atoms with Crippen molar-refractivity contribution in [2.45, 2.75) is 0 Å². The molecule has 0 aliphatic carbocycles. The summed E-state index contributed by atoms with van der Waals surface area (Å²) in [6.45, 7) is 0. The van der Waals surface area contributed by atoms with Crippen LogP contribution < -0.4 is 0 Å². The maximum Gasteiger partial charge on any atom is 0.198 e. The van der Waals surface area contributed by atoms with Crippen LogP contribution in [0.1, 0.15) is 0 Å². The van der Waals surface area contributed by atoms with E-state index in [9.17, 15) is 4.91 Å². The molecule has 0 aromatic carbocycles. The minimum Gasteiger partial charge on any atom is 0.0322 e. The van der Waals surface area contributed by atoms with Crippen molar-refractivity contribution in [1.82, 2.24) is 0 Å². The minimum absolute atomic E-state index is 0.444. The molecule has 0 N–H and O–H groups in total. The topological polar surface area (TPSA) is 20.1 Å². The Morgan fingerprint density at radius 1 is 2.00 bits per heavy atom. The zero-order valence-electron chi connectivity index (χ0n) is 2.30. The van der Waals surface area contributed by atoms with E-state index in [4.69, 9.17) is 0 Å². The first-order valence-electron chi connectivity index (χ1n) is 0.830. The Labute approximate surface area is 29.9 Å². The molecule has 0 heterocycles. The Hall–Kier alpha value is -0.0500. The maximum absolute atomic E-state index is 9.23. The average Bonchev–Trinajstić information content (AvgIpc) is 0.811. The van der Waals surface area contributed by atoms with Gasteiger partial charge in [-0.3, -0.25) is 0 Å². The second-order valence-electron chi connectivity index (χ2n) is 0.464. The molecule has 0 amide bonds. The lowest BCUT2D eigenvalue weighted by atomic mass is 11.6. The van der Waals surface area contributed by atoms with Crippen molar-refractivity contribution < 1.29 is 4.17 Å². The van der Waals surface area contributed by atoms with Crippen LogP contribution in [0.3, 0.4) is 0 Å². The highest BCUT2D eigenvalue weighted by atomic mass is 32.1. The van der Waals surface area contributed by atoms with Crippen LogP contribution >= 0.6 is 12.8 Å². The molecule has 0 radical (unpaired) electrons. The summed E-state index contributed by atoms with van der Waals surface area (Å²) in [5.41, 5.74) is 0. The molecular formula is CH4NOS+. The number of nitroso groups, excluding NO2 is 1. The number of hydrogen-bond donors (Lipinski definition) is 1. The highest BCUT2D eigenvalue weighted by Crippen LogP contribution is 1.60. The first-order valence-corrected chi connectivity index (χ1v) is 1.23. The van der Waals surface area contributed by atoms with Crippen LogP contribution in [0.5, 0.6) is 0 Å². The van der Waals surface area contributed by atoms with Gasteiger partial charge in [-0.15, -0.1) is 0 Å². The van der Waals surface area contributed by atoms with Gasteiger partial charge in [0, 0.05) is 4.91 Å². The first-order chi connectivity index (χ1) is 1.73. The third-order valence-electron chi connectivity index (χ3n) is 0. The summed E-state index contributed by atoms with van der Waals surface area (Å²) in [6.07, 6.45) is 0. The van der Waals surface area contributed by atoms with E-state index < -0.39 is 0 Å². The molecule has 0 aromatic heterocycles. The Bertz CT molecular complexity index is 31.0. The van der Waals surface area contributed by atoms with Gasteiger partial charge < -0.3 is 0 Å². The fourth-order valence-electron chi connectivity index (χ4n) is 0. The average molecular weight is 78.1 g/mol. The molecule has 0 saturated heterocycles. The van der Waals surface area contributed by atoms with Crippen LogP contribution in [0.4, 0.5) is 0 Å². The summed E-state index contributed by atoms with van der Waals surface area (Å²) in [6, 6.07) is 0. The number of thiol groups is 1. The Kier molecular flexibility index (Phi) is 1.27. The van der Waals surface area contributed by atoms with Crippen LogP contribution in [-0.2, 0) is 0 Å². The van der Waals surface area contributed by atoms with Gasteiger partial charge in [-0.25, -0.2) is 0 Å². The largest absolute Gasteiger partial charge is 0.198 e. The summed E-state index contributed by atoms with van der Waals surface area (Å²) in [5.74, 6) is 0. The van der Waals surface area contributed by atoms with Gasteiger partial charge in [0.15, 0.2) is 19.9 Å². The molecule has 0 unspecified atom stereocenters. The molecule has 0 aliphatic heterocycles. The molecule has 0 saturated carbocycles. The monoisotopic (exact) mass is 78.0 g/mol. The molecular weight excluding hydrogens is 74.1 g/mol. The zero-order valence-corrected chi connectivity index (χ0v) is 3.20. The normalized spacial score (nSPS) is 6.50. The van der Waals surface area contributed by atoms with Gasteiger partial charge in [0.05, 0.1) is 4.17 Å². The summed E-state index contributed by atoms with van der Waals surface area (Å²) < 4.78 is 0.444. The quantitative estimate of drug-likeness (QED) is 0.325. The van der Waals surface area contributed by atoms with Crippen LogP contribution in [0, 0.1) is 4.91 Å². The lowest BCUT2D eigenvalue weighted by Crippen LogP contribution is -1.71. The molecule has 24 valence electrons. The van der Waals surface area contributed by atoms with Crippen LogP contribution in [0.15, 0.2) is 0 Å². The summed E-state index contributed by atoms with van der Waals surface area (Å²) in [4.78, 5) is 9.23. The van der Waals surface area contributed by atoms with Crippen molar-refractivity contribution in [2.24, 2.45) is 0 Å². The fraction of sp³-hybridized carbons (Fsp3) is 1.00. The zero-order chi connectivity index (χ0) is 3.58. The van der Waals surface area contributed by atoms with Gasteiger partial charge >= 0.3 is 0 Å². The SMILES string of the molecule is C[N+](=O)S. The molecule has 0 aliphatic rings. The van der Waals surface area contributed by atoms with E-state index in [0.717, 1.165) is 0 Å². The van der Waals surface area contributed by atoms with Crippen molar-refractivity contribution in [3.8, 4) is 0 Å². The summed E-state index contributed by atoms with van der Waals surface area (Å²) >= 11 is 3.24. The van der Waals surface area contributed by atoms with Crippen molar-refractivity contribution in [3.63, 3.8) is 0 Å². The Morgan fingerprint density at radius 2 is 2.00 bits per heavy atom. The van der Waals surface area contributed by atoms with Crippen LogP contribution in [0.25, 0.3) is 0 Å². The van der Waals surface area contributed by atoms with Crippen LogP contribution in [-0.4, -0.2) is 11.2 Å². The standard InChI is InChI=1S/CH4NOS/c1-2(3)4/h1H3,(H,3,4)/q+1. The molecule has 4 heavy (non-hydrogen) atoms. The molecule has 3 heteroatoms. The van der Waals surface area contributed by atoms with Crippen molar-refractivity contribution >= 4 is 12.8 Å². The van der Waals surface area contributed by atoms with Crippen molar-refractivity contribution in [1.29, 1.82) is 0 Å².